The largest absolute Gasteiger partial charge is 0.384 e. The Hall–Kier alpha value is -0.600. The minimum Gasteiger partial charge on any atom is -0.384 e. The van der Waals surface area contributed by atoms with Gasteiger partial charge in [-0.3, -0.25) is 4.79 Å². The van der Waals surface area contributed by atoms with Gasteiger partial charge in [-0.2, -0.15) is 0 Å². The Bertz CT molecular complexity index is 507. The summed E-state index contributed by atoms with van der Waals surface area (Å²) in [6.45, 7) is 5.76. The van der Waals surface area contributed by atoms with Crippen molar-refractivity contribution in [1.82, 2.24) is 15.2 Å². The van der Waals surface area contributed by atoms with E-state index in [1.807, 2.05) is 11.6 Å². The van der Waals surface area contributed by atoms with Crippen LogP contribution < -0.4 is 10.2 Å². The van der Waals surface area contributed by atoms with E-state index in [0.717, 1.165) is 63.7 Å². The zero-order valence-electron chi connectivity index (χ0n) is 14.6. The van der Waals surface area contributed by atoms with Crippen LogP contribution in [-0.4, -0.2) is 68.8 Å². The smallest absolute Gasteiger partial charge is 0.231 e. The van der Waals surface area contributed by atoms with Crippen LogP contribution in [0.25, 0.3) is 0 Å². The second-order valence-corrected chi connectivity index (χ2v) is 7.28. The van der Waals surface area contributed by atoms with Crippen molar-refractivity contribution in [3.8, 4) is 0 Å². The first-order valence-corrected chi connectivity index (χ1v) is 9.27. The number of carbonyl (C=O) groups is 1. The van der Waals surface area contributed by atoms with Crippen LogP contribution in [0.3, 0.4) is 0 Å². The standard InChI is InChI=1S/C16H26N4O2S.2ClH/c1-22-13-16(3-5-17-6-4-16)14(21)19-8-2-9-20(11-10-19)15-18-7-12-23-15;;/h7,12,17H,2-6,8-11,13H2,1H3;2*1H. The topological polar surface area (TPSA) is 57.7 Å². The molecule has 0 unspecified atom stereocenters. The fourth-order valence-corrected chi connectivity index (χ4v) is 4.32. The van der Waals surface area contributed by atoms with Crippen LogP contribution in [0.4, 0.5) is 5.13 Å². The van der Waals surface area contributed by atoms with Crippen LogP contribution >= 0.6 is 36.2 Å². The molecule has 9 heteroatoms. The molecule has 0 bridgehead atoms. The van der Waals surface area contributed by atoms with Gasteiger partial charge in [0.25, 0.3) is 0 Å². The molecule has 6 nitrogen and oxygen atoms in total. The summed E-state index contributed by atoms with van der Waals surface area (Å²) in [4.78, 5) is 21.9. The van der Waals surface area contributed by atoms with Gasteiger partial charge < -0.3 is 19.9 Å². The first-order chi connectivity index (χ1) is 11.2. The van der Waals surface area contributed by atoms with E-state index < -0.39 is 0 Å². The number of hydrogen-bond donors (Lipinski definition) is 1. The predicted molar refractivity (Wildman–Crippen MR) is 106 cm³/mol. The third kappa shape index (κ3) is 5.20. The lowest BCUT2D eigenvalue weighted by Crippen LogP contribution is -2.52. The SMILES string of the molecule is COCC1(C(=O)N2CCCN(c3nccs3)CC2)CCNCC1.Cl.Cl. The first kappa shape index (κ1) is 22.4. The molecule has 1 amide bonds. The Labute approximate surface area is 166 Å². The Morgan fingerprint density at radius 1 is 1.28 bits per heavy atom. The summed E-state index contributed by atoms with van der Waals surface area (Å²) in [5.74, 6) is 0.279. The maximum absolute atomic E-state index is 13.2. The fourth-order valence-electron chi connectivity index (χ4n) is 3.62. The van der Waals surface area contributed by atoms with Crippen molar-refractivity contribution in [2.24, 2.45) is 5.41 Å². The number of halogens is 2. The van der Waals surface area contributed by atoms with Gasteiger partial charge in [0, 0.05) is 44.9 Å². The quantitative estimate of drug-likeness (QED) is 0.822. The molecule has 2 saturated heterocycles. The summed E-state index contributed by atoms with van der Waals surface area (Å²) in [5, 5.41) is 6.42. The Kier molecular flexibility index (Phi) is 9.45. The van der Waals surface area contributed by atoms with Gasteiger partial charge >= 0.3 is 0 Å². The van der Waals surface area contributed by atoms with Crippen molar-refractivity contribution in [1.29, 1.82) is 0 Å². The third-order valence-electron chi connectivity index (χ3n) is 4.91. The number of rotatable bonds is 4. The number of anilines is 1. The van der Waals surface area contributed by atoms with Gasteiger partial charge in [-0.05, 0) is 32.4 Å². The Morgan fingerprint density at radius 2 is 2.04 bits per heavy atom. The van der Waals surface area contributed by atoms with E-state index >= 15 is 0 Å². The van der Waals surface area contributed by atoms with E-state index in [0.29, 0.717) is 6.61 Å². The molecule has 2 fully saturated rings. The lowest BCUT2D eigenvalue weighted by Gasteiger charge is -2.39. The van der Waals surface area contributed by atoms with Crippen LogP contribution in [0.2, 0.25) is 0 Å². The van der Waals surface area contributed by atoms with Crippen molar-refractivity contribution >= 4 is 47.2 Å². The van der Waals surface area contributed by atoms with Crippen LogP contribution in [0.15, 0.2) is 11.6 Å². The van der Waals surface area contributed by atoms with E-state index in [1.54, 1.807) is 18.4 Å². The predicted octanol–water partition coefficient (Wildman–Crippen LogP) is 2.04. The lowest BCUT2D eigenvalue weighted by molar-refractivity contribution is -0.147. The number of piperidine rings is 1. The average Bonchev–Trinajstić information content (AvgIpc) is 3.00. The van der Waals surface area contributed by atoms with Gasteiger partial charge in [0.15, 0.2) is 5.13 Å². The van der Waals surface area contributed by atoms with E-state index in [-0.39, 0.29) is 36.1 Å². The molecule has 2 aliphatic rings. The summed E-state index contributed by atoms with van der Waals surface area (Å²) in [6, 6.07) is 0. The molecule has 0 aromatic carbocycles. The normalized spacial score (nSPS) is 20.2. The first-order valence-electron chi connectivity index (χ1n) is 8.39. The van der Waals surface area contributed by atoms with Crippen LogP contribution in [0.5, 0.6) is 0 Å². The van der Waals surface area contributed by atoms with Crippen molar-refractivity contribution in [2.45, 2.75) is 19.3 Å². The molecule has 3 rings (SSSR count). The van der Waals surface area contributed by atoms with Crippen molar-refractivity contribution in [3.05, 3.63) is 11.6 Å². The number of nitrogens with zero attached hydrogens (tertiary/aromatic N) is 3. The van der Waals surface area contributed by atoms with Crippen LogP contribution in [0.1, 0.15) is 19.3 Å². The summed E-state index contributed by atoms with van der Waals surface area (Å²) in [7, 11) is 1.70. The number of nitrogens with one attached hydrogen (secondary N) is 1. The molecule has 25 heavy (non-hydrogen) atoms. The molecule has 1 N–H and O–H groups in total. The number of aromatic nitrogens is 1. The minimum atomic E-state index is -0.337. The number of ether oxygens (including phenoxy) is 1. The van der Waals surface area contributed by atoms with Gasteiger partial charge in [-0.25, -0.2) is 4.98 Å². The summed E-state index contributed by atoms with van der Waals surface area (Å²) < 4.78 is 5.41. The van der Waals surface area contributed by atoms with Crippen molar-refractivity contribution in [2.75, 3.05) is 57.9 Å². The summed E-state index contributed by atoms with van der Waals surface area (Å²) in [5.41, 5.74) is -0.337. The minimum absolute atomic E-state index is 0. The number of hydrogen-bond acceptors (Lipinski definition) is 6. The van der Waals surface area contributed by atoms with Crippen LogP contribution in [-0.2, 0) is 9.53 Å². The number of methoxy groups -OCH3 is 1. The van der Waals surface area contributed by atoms with E-state index in [2.05, 4.69) is 20.1 Å². The summed E-state index contributed by atoms with van der Waals surface area (Å²) in [6.07, 6.45) is 4.57. The van der Waals surface area contributed by atoms with E-state index in [9.17, 15) is 4.79 Å². The zero-order valence-corrected chi connectivity index (χ0v) is 17.1. The maximum atomic E-state index is 13.2. The Morgan fingerprint density at radius 3 is 2.68 bits per heavy atom. The van der Waals surface area contributed by atoms with Gasteiger partial charge in [0.2, 0.25) is 5.91 Å². The van der Waals surface area contributed by atoms with Crippen molar-refractivity contribution < 1.29 is 9.53 Å². The molecule has 0 aliphatic carbocycles. The lowest BCUT2D eigenvalue weighted by atomic mass is 9.78. The van der Waals surface area contributed by atoms with E-state index in [1.165, 1.54) is 0 Å². The number of thiazole rings is 1. The zero-order chi connectivity index (χ0) is 16.1. The second kappa shape index (κ2) is 10.5. The molecule has 0 saturated carbocycles. The monoisotopic (exact) mass is 410 g/mol. The van der Waals surface area contributed by atoms with Gasteiger partial charge in [0.1, 0.15) is 0 Å². The molecular formula is C16H28Cl2N4O2S. The highest BCUT2D eigenvalue weighted by Gasteiger charge is 2.42. The molecule has 0 radical (unpaired) electrons. The molecule has 0 spiro atoms. The van der Waals surface area contributed by atoms with Gasteiger partial charge in [-0.1, -0.05) is 0 Å². The molecule has 1 aromatic heterocycles. The number of carbonyl (C=O) groups excluding carboxylic acids is 1. The summed E-state index contributed by atoms with van der Waals surface area (Å²) >= 11 is 1.67. The number of amides is 1. The fraction of sp³-hybridized carbons (Fsp3) is 0.750. The average molecular weight is 411 g/mol. The van der Waals surface area contributed by atoms with Crippen molar-refractivity contribution in [3.63, 3.8) is 0 Å². The third-order valence-corrected chi connectivity index (χ3v) is 5.74. The maximum Gasteiger partial charge on any atom is 0.231 e. The second-order valence-electron chi connectivity index (χ2n) is 6.41. The molecule has 144 valence electrons. The van der Waals surface area contributed by atoms with Crippen LogP contribution in [0, 0.1) is 5.41 Å². The highest BCUT2D eigenvalue weighted by molar-refractivity contribution is 7.13. The van der Waals surface area contributed by atoms with Gasteiger partial charge in [0.05, 0.1) is 12.0 Å². The highest BCUT2D eigenvalue weighted by Crippen LogP contribution is 2.32. The Balaban J connectivity index is 0.00000156. The van der Waals surface area contributed by atoms with E-state index in [4.69, 9.17) is 4.74 Å². The molecular weight excluding hydrogens is 383 g/mol. The molecule has 1 aromatic rings. The highest BCUT2D eigenvalue weighted by atomic mass is 35.5. The molecule has 2 aliphatic heterocycles. The molecule has 0 atom stereocenters. The molecule has 3 heterocycles. The van der Waals surface area contributed by atoms with Gasteiger partial charge in [-0.15, -0.1) is 36.2 Å².